The maximum absolute atomic E-state index is 5.54. The molecule has 0 spiro atoms. The Morgan fingerprint density at radius 1 is 0.650 bits per heavy atom. The molecule has 0 aliphatic rings. The van der Waals surface area contributed by atoms with E-state index in [1.54, 1.807) is 14.2 Å². The van der Waals surface area contributed by atoms with E-state index in [9.17, 15) is 0 Å². The number of benzene rings is 2. The predicted octanol–water partition coefficient (Wildman–Crippen LogP) is 5.33. The van der Waals surface area contributed by atoms with Gasteiger partial charge < -0.3 is 9.47 Å². The Hall–Kier alpha value is -1.26. The Morgan fingerprint density at radius 3 is 1.20 bits per heavy atom. The first-order valence-corrected chi connectivity index (χ1v) is 7.58. The van der Waals surface area contributed by atoms with Crippen LogP contribution in [0.25, 0.3) is 11.5 Å². The van der Waals surface area contributed by atoms with Crippen molar-refractivity contribution < 1.29 is 9.47 Å². The minimum atomic E-state index is 0.710. The quantitative estimate of drug-likeness (QED) is 0.512. The van der Waals surface area contributed by atoms with E-state index in [0.29, 0.717) is 11.5 Å². The second kappa shape index (κ2) is 6.95. The molecule has 0 aliphatic carbocycles. The Labute approximate surface area is 135 Å². The molecule has 0 radical (unpaired) electrons. The maximum atomic E-state index is 5.54. The molecule has 104 valence electrons. The van der Waals surface area contributed by atoms with E-state index in [1.165, 1.54) is 0 Å². The summed E-state index contributed by atoms with van der Waals surface area (Å²) in [6.45, 7) is 0. The van der Waals surface area contributed by atoms with Crippen molar-refractivity contribution in [3.05, 3.63) is 68.6 Å². The topological polar surface area (TPSA) is 18.5 Å². The lowest BCUT2D eigenvalue weighted by Gasteiger charge is -2.14. The monoisotopic (exact) mass is 396 g/mol. The largest absolute Gasteiger partial charge is 0.492 e. The second-order valence-corrected chi connectivity index (χ2v) is 5.91. The summed E-state index contributed by atoms with van der Waals surface area (Å²) in [6, 6.07) is 15.8. The van der Waals surface area contributed by atoms with Gasteiger partial charge in [0.15, 0.2) is 11.5 Å². The van der Waals surface area contributed by atoms with Crippen molar-refractivity contribution in [1.82, 2.24) is 0 Å². The summed E-state index contributed by atoms with van der Waals surface area (Å²) in [6.07, 6.45) is 0. The van der Waals surface area contributed by atoms with Crippen molar-refractivity contribution in [2.24, 2.45) is 0 Å². The Morgan fingerprint density at radius 2 is 0.950 bits per heavy atom. The van der Waals surface area contributed by atoms with Gasteiger partial charge in [0.05, 0.1) is 14.2 Å². The fourth-order valence-corrected chi connectivity index (χ4v) is 2.41. The zero-order valence-electron chi connectivity index (χ0n) is 11.2. The van der Waals surface area contributed by atoms with Crippen LogP contribution in [0.2, 0.25) is 0 Å². The lowest BCUT2D eigenvalue weighted by atomic mass is 10.1. The Kier molecular flexibility index (Phi) is 5.26. The number of hydrogen-bond donors (Lipinski definition) is 0. The van der Waals surface area contributed by atoms with Crippen molar-refractivity contribution >= 4 is 43.4 Å². The minimum absolute atomic E-state index is 0.710. The van der Waals surface area contributed by atoms with E-state index in [1.807, 2.05) is 48.5 Å². The van der Waals surface area contributed by atoms with E-state index >= 15 is 0 Å². The average Bonchev–Trinajstić information content (AvgIpc) is 2.47. The van der Waals surface area contributed by atoms with Gasteiger partial charge in [0.25, 0.3) is 0 Å². The van der Waals surface area contributed by atoms with Gasteiger partial charge >= 0.3 is 0 Å². The first-order valence-electron chi connectivity index (χ1n) is 6.00. The van der Waals surface area contributed by atoms with Crippen molar-refractivity contribution in [3.8, 4) is 0 Å². The van der Waals surface area contributed by atoms with Gasteiger partial charge in [-0.15, -0.1) is 0 Å². The number of methoxy groups -OCH3 is 2. The first kappa shape index (κ1) is 15.1. The van der Waals surface area contributed by atoms with Crippen LogP contribution >= 0.6 is 31.9 Å². The van der Waals surface area contributed by atoms with E-state index in [4.69, 9.17) is 9.47 Å². The highest BCUT2D eigenvalue weighted by Crippen LogP contribution is 2.29. The van der Waals surface area contributed by atoms with E-state index in [2.05, 4.69) is 31.9 Å². The van der Waals surface area contributed by atoms with E-state index in [0.717, 1.165) is 20.1 Å². The average molecular weight is 398 g/mol. The van der Waals surface area contributed by atoms with Crippen LogP contribution in [0.15, 0.2) is 57.5 Å². The molecule has 0 unspecified atom stereocenters. The molecule has 2 nitrogen and oxygen atoms in total. The summed E-state index contributed by atoms with van der Waals surface area (Å²) in [5.41, 5.74) is 1.94. The minimum Gasteiger partial charge on any atom is -0.492 e. The number of rotatable bonds is 4. The molecule has 0 amide bonds. The molecule has 0 atom stereocenters. The highest BCUT2D eigenvalue weighted by Gasteiger charge is 2.13. The summed E-state index contributed by atoms with van der Waals surface area (Å²) >= 11 is 6.86. The predicted molar refractivity (Wildman–Crippen MR) is 89.1 cm³/mol. The molecule has 0 bridgehead atoms. The molecule has 4 heteroatoms. The van der Waals surface area contributed by atoms with Crippen molar-refractivity contribution in [1.29, 1.82) is 0 Å². The highest BCUT2D eigenvalue weighted by molar-refractivity contribution is 9.10. The van der Waals surface area contributed by atoms with Crippen LogP contribution < -0.4 is 0 Å². The van der Waals surface area contributed by atoms with Gasteiger partial charge in [-0.2, -0.15) is 0 Å². The third kappa shape index (κ3) is 3.44. The fourth-order valence-electron chi connectivity index (χ4n) is 1.89. The van der Waals surface area contributed by atoms with Crippen LogP contribution in [0.5, 0.6) is 0 Å². The molecular weight excluding hydrogens is 384 g/mol. The van der Waals surface area contributed by atoms with E-state index in [-0.39, 0.29) is 0 Å². The molecule has 20 heavy (non-hydrogen) atoms. The summed E-state index contributed by atoms with van der Waals surface area (Å²) in [7, 11) is 3.30. The van der Waals surface area contributed by atoms with Gasteiger partial charge in [0, 0.05) is 20.1 Å². The molecule has 0 N–H and O–H groups in total. The Balaban J connectivity index is 2.52. The van der Waals surface area contributed by atoms with Crippen LogP contribution in [-0.2, 0) is 9.47 Å². The summed E-state index contributed by atoms with van der Waals surface area (Å²) in [5, 5.41) is 0. The third-order valence-electron chi connectivity index (χ3n) is 2.83. The summed E-state index contributed by atoms with van der Waals surface area (Å²) in [5.74, 6) is 1.42. The normalized spacial score (nSPS) is 11.8. The van der Waals surface area contributed by atoms with Crippen LogP contribution in [0.4, 0.5) is 0 Å². The van der Waals surface area contributed by atoms with Gasteiger partial charge in [0.1, 0.15) is 0 Å². The zero-order valence-corrected chi connectivity index (χ0v) is 14.4. The summed E-state index contributed by atoms with van der Waals surface area (Å²) in [4.78, 5) is 0. The molecule has 0 aromatic heterocycles. The first-order chi connectivity index (χ1) is 9.65. The molecule has 2 aromatic rings. The van der Waals surface area contributed by atoms with Gasteiger partial charge in [-0.05, 0) is 48.5 Å². The molecule has 2 aromatic carbocycles. The SMILES string of the molecule is CO/C(=C(\OC)c1ccc(Br)cc1)c1ccc(Br)cc1. The van der Waals surface area contributed by atoms with Crippen LogP contribution in [0, 0.1) is 0 Å². The van der Waals surface area contributed by atoms with Crippen molar-refractivity contribution in [2.45, 2.75) is 0 Å². The maximum Gasteiger partial charge on any atom is 0.168 e. The standard InChI is InChI=1S/C16H14Br2O2/c1-19-15(11-3-7-13(17)8-4-11)16(20-2)12-5-9-14(18)10-6-12/h3-10H,1-2H3/b16-15-. The van der Waals surface area contributed by atoms with Crippen LogP contribution in [-0.4, -0.2) is 14.2 Å². The molecule has 0 saturated carbocycles. The third-order valence-corrected chi connectivity index (χ3v) is 3.88. The molecular formula is C16H14Br2O2. The molecule has 0 fully saturated rings. The zero-order chi connectivity index (χ0) is 14.5. The lowest BCUT2D eigenvalue weighted by Crippen LogP contribution is -1.97. The number of hydrogen-bond acceptors (Lipinski definition) is 2. The lowest BCUT2D eigenvalue weighted by molar-refractivity contribution is 0.328. The number of ether oxygens (including phenoxy) is 2. The molecule has 0 saturated heterocycles. The van der Waals surface area contributed by atoms with Crippen molar-refractivity contribution in [2.75, 3.05) is 14.2 Å². The smallest absolute Gasteiger partial charge is 0.168 e. The van der Waals surface area contributed by atoms with Gasteiger partial charge in [0.2, 0.25) is 0 Å². The van der Waals surface area contributed by atoms with Crippen LogP contribution in [0.3, 0.4) is 0 Å². The Bertz CT molecular complexity index is 546. The highest BCUT2D eigenvalue weighted by atomic mass is 79.9. The van der Waals surface area contributed by atoms with Crippen molar-refractivity contribution in [3.63, 3.8) is 0 Å². The molecule has 0 heterocycles. The van der Waals surface area contributed by atoms with Gasteiger partial charge in [-0.3, -0.25) is 0 Å². The fraction of sp³-hybridized carbons (Fsp3) is 0.125. The van der Waals surface area contributed by atoms with Gasteiger partial charge in [-0.25, -0.2) is 0 Å². The molecule has 2 rings (SSSR count). The van der Waals surface area contributed by atoms with Gasteiger partial charge in [-0.1, -0.05) is 31.9 Å². The summed E-state index contributed by atoms with van der Waals surface area (Å²) < 4.78 is 13.1. The van der Waals surface area contributed by atoms with Crippen LogP contribution in [0.1, 0.15) is 11.1 Å². The molecule has 0 aliphatic heterocycles. The van der Waals surface area contributed by atoms with E-state index < -0.39 is 0 Å². The number of halogens is 2. The second-order valence-electron chi connectivity index (χ2n) is 4.08.